The summed E-state index contributed by atoms with van der Waals surface area (Å²) in [5, 5.41) is 0. The van der Waals surface area contributed by atoms with Crippen LogP contribution in [0.25, 0.3) is 0 Å². The Labute approximate surface area is 150 Å². The molecule has 2 rings (SSSR count). The number of nitrogens with one attached hydrogen (secondary N) is 1. The van der Waals surface area contributed by atoms with Crippen molar-refractivity contribution in [2.45, 2.75) is 44.6 Å². The first kappa shape index (κ1) is 19.9. The van der Waals surface area contributed by atoms with Crippen LogP contribution in [0.4, 0.5) is 0 Å². The Morgan fingerprint density at radius 3 is 2.76 bits per heavy atom. The minimum atomic E-state index is -3.62. The van der Waals surface area contributed by atoms with Gasteiger partial charge in [-0.1, -0.05) is 6.92 Å². The quantitative estimate of drug-likeness (QED) is 0.779. The van der Waals surface area contributed by atoms with E-state index >= 15 is 0 Å². The van der Waals surface area contributed by atoms with Gasteiger partial charge in [0, 0.05) is 19.1 Å². The van der Waals surface area contributed by atoms with Crippen molar-refractivity contribution in [2.75, 3.05) is 26.7 Å². The summed E-state index contributed by atoms with van der Waals surface area (Å²) in [6, 6.07) is 4.61. The number of carbonyl (C=O) groups is 1. The maximum Gasteiger partial charge on any atom is 0.337 e. The number of sulfonamides is 1. The van der Waals surface area contributed by atoms with Gasteiger partial charge in [0.15, 0.2) is 0 Å². The third-order valence-corrected chi connectivity index (χ3v) is 6.35. The number of hydrogen-bond donors (Lipinski definition) is 1. The number of nitrogens with zero attached hydrogens (tertiary/aromatic N) is 1. The minimum Gasteiger partial charge on any atom is -0.465 e. The Kier molecular flexibility index (Phi) is 6.59. The molecule has 0 bridgehead atoms. The maximum absolute atomic E-state index is 12.6. The average Bonchev–Trinajstić information content (AvgIpc) is 2.58. The number of piperidine rings is 1. The molecule has 1 aliphatic heterocycles. The van der Waals surface area contributed by atoms with E-state index in [1.807, 2.05) is 6.92 Å². The van der Waals surface area contributed by atoms with Crippen LogP contribution >= 0.6 is 0 Å². The van der Waals surface area contributed by atoms with Crippen molar-refractivity contribution in [3.05, 3.63) is 29.3 Å². The van der Waals surface area contributed by atoms with Crippen molar-refractivity contribution < 1.29 is 17.9 Å². The summed E-state index contributed by atoms with van der Waals surface area (Å²) in [5.74, 6) is 0.175. The Hall–Kier alpha value is -1.44. The molecule has 0 amide bonds. The molecule has 25 heavy (non-hydrogen) atoms. The number of rotatable bonds is 6. The fraction of sp³-hybridized carbons (Fsp3) is 0.611. The lowest BCUT2D eigenvalue weighted by atomic mass is 9.99. The number of likely N-dealkylation sites (tertiary alicyclic amines) is 1. The van der Waals surface area contributed by atoms with Gasteiger partial charge in [-0.15, -0.1) is 0 Å². The molecule has 0 saturated carbocycles. The topological polar surface area (TPSA) is 75.7 Å². The largest absolute Gasteiger partial charge is 0.465 e. The Morgan fingerprint density at radius 1 is 1.44 bits per heavy atom. The molecular formula is C18H28N2O4S. The van der Waals surface area contributed by atoms with Crippen LogP contribution in [-0.4, -0.2) is 52.1 Å². The van der Waals surface area contributed by atoms with E-state index in [-0.39, 0.29) is 10.9 Å². The van der Waals surface area contributed by atoms with Gasteiger partial charge in [-0.25, -0.2) is 17.9 Å². The van der Waals surface area contributed by atoms with Crippen LogP contribution in [0, 0.1) is 12.8 Å². The number of hydrogen-bond acceptors (Lipinski definition) is 5. The molecule has 0 aliphatic carbocycles. The van der Waals surface area contributed by atoms with E-state index < -0.39 is 16.0 Å². The third-order valence-electron chi connectivity index (χ3n) is 4.77. The normalized spacial score (nSPS) is 20.2. The van der Waals surface area contributed by atoms with Gasteiger partial charge in [0.2, 0.25) is 10.0 Å². The van der Waals surface area contributed by atoms with Gasteiger partial charge in [-0.3, -0.25) is 4.90 Å². The van der Waals surface area contributed by atoms with Crippen molar-refractivity contribution >= 4 is 16.0 Å². The summed E-state index contributed by atoms with van der Waals surface area (Å²) in [4.78, 5) is 14.1. The van der Waals surface area contributed by atoms with Gasteiger partial charge < -0.3 is 4.74 Å². The predicted octanol–water partition coefficient (Wildman–Crippen LogP) is 2.18. The summed E-state index contributed by atoms with van der Waals surface area (Å²) in [6.45, 7) is 8.35. The second-order valence-corrected chi connectivity index (χ2v) is 8.65. The Bertz CT molecular complexity index is 718. The van der Waals surface area contributed by atoms with E-state index in [2.05, 4.69) is 21.3 Å². The summed E-state index contributed by atoms with van der Waals surface area (Å²) < 4.78 is 32.6. The number of carbonyl (C=O) groups excluding carboxylic acids is 1. The average molecular weight is 368 g/mol. The molecule has 1 aromatic rings. The highest BCUT2D eigenvalue weighted by molar-refractivity contribution is 7.89. The second-order valence-electron chi connectivity index (χ2n) is 6.92. The summed E-state index contributed by atoms with van der Waals surface area (Å²) >= 11 is 0. The van der Waals surface area contributed by atoms with Crippen molar-refractivity contribution in [2.24, 2.45) is 5.92 Å². The van der Waals surface area contributed by atoms with Gasteiger partial charge in [-0.05, 0) is 62.9 Å². The van der Waals surface area contributed by atoms with Crippen molar-refractivity contribution in [3.63, 3.8) is 0 Å². The maximum atomic E-state index is 12.6. The molecule has 6 nitrogen and oxygen atoms in total. The van der Waals surface area contributed by atoms with Crippen LogP contribution in [0.1, 0.15) is 42.6 Å². The Balaban J connectivity index is 2.05. The highest BCUT2D eigenvalue weighted by Crippen LogP contribution is 2.19. The van der Waals surface area contributed by atoms with Gasteiger partial charge in [0.1, 0.15) is 0 Å². The fourth-order valence-corrected chi connectivity index (χ4v) is 4.61. The van der Waals surface area contributed by atoms with E-state index in [0.29, 0.717) is 23.6 Å². The highest BCUT2D eigenvalue weighted by Gasteiger charge is 2.24. The van der Waals surface area contributed by atoms with E-state index in [1.165, 1.54) is 31.7 Å². The molecule has 0 radical (unpaired) electrons. The SMILES string of the molecule is COC(=O)c1ccc(S(=O)(=O)NCC(C)N2CCCC(C)C2)c(C)c1. The van der Waals surface area contributed by atoms with E-state index in [0.717, 1.165) is 19.5 Å². The molecule has 1 N–H and O–H groups in total. The zero-order chi connectivity index (χ0) is 18.6. The molecular weight excluding hydrogens is 340 g/mol. The zero-order valence-electron chi connectivity index (χ0n) is 15.4. The zero-order valence-corrected chi connectivity index (χ0v) is 16.2. The lowest BCUT2D eigenvalue weighted by molar-refractivity contribution is 0.0600. The van der Waals surface area contributed by atoms with Crippen LogP contribution in [0.3, 0.4) is 0 Å². The van der Waals surface area contributed by atoms with Crippen LogP contribution in [-0.2, 0) is 14.8 Å². The van der Waals surface area contributed by atoms with E-state index in [9.17, 15) is 13.2 Å². The molecule has 0 spiro atoms. The van der Waals surface area contributed by atoms with Gasteiger partial charge >= 0.3 is 5.97 Å². The summed E-state index contributed by atoms with van der Waals surface area (Å²) in [5.41, 5.74) is 0.865. The molecule has 1 aliphatic rings. The lowest BCUT2D eigenvalue weighted by Crippen LogP contribution is -2.46. The Morgan fingerprint density at radius 2 is 2.16 bits per heavy atom. The first-order chi connectivity index (χ1) is 11.7. The van der Waals surface area contributed by atoms with Crippen molar-refractivity contribution in [1.82, 2.24) is 9.62 Å². The fourth-order valence-electron chi connectivity index (χ4n) is 3.26. The second kappa shape index (κ2) is 8.29. The number of esters is 1. The first-order valence-corrected chi connectivity index (χ1v) is 10.2. The standard InChI is InChI=1S/C18H28N2O4S/c1-13-6-5-9-20(12-13)15(3)11-19-25(22,23)17-8-7-16(10-14(17)2)18(21)24-4/h7-8,10,13,15,19H,5-6,9,11-12H2,1-4H3. The molecule has 1 aromatic carbocycles. The molecule has 1 fully saturated rings. The third kappa shape index (κ3) is 5.03. The highest BCUT2D eigenvalue weighted by atomic mass is 32.2. The van der Waals surface area contributed by atoms with E-state index in [4.69, 9.17) is 0 Å². The van der Waals surface area contributed by atoms with Gasteiger partial charge in [0.25, 0.3) is 0 Å². The molecule has 2 atom stereocenters. The number of aryl methyl sites for hydroxylation is 1. The number of methoxy groups -OCH3 is 1. The van der Waals surface area contributed by atoms with Crippen LogP contribution < -0.4 is 4.72 Å². The minimum absolute atomic E-state index is 0.146. The molecule has 1 saturated heterocycles. The molecule has 1 heterocycles. The van der Waals surface area contributed by atoms with E-state index in [1.54, 1.807) is 6.92 Å². The first-order valence-electron chi connectivity index (χ1n) is 8.67. The van der Waals surface area contributed by atoms with Crippen LogP contribution in [0.5, 0.6) is 0 Å². The monoisotopic (exact) mass is 368 g/mol. The van der Waals surface area contributed by atoms with Gasteiger partial charge in [-0.2, -0.15) is 0 Å². The molecule has 0 aromatic heterocycles. The predicted molar refractivity (Wildman–Crippen MR) is 97.1 cm³/mol. The number of benzene rings is 1. The van der Waals surface area contributed by atoms with Gasteiger partial charge in [0.05, 0.1) is 17.6 Å². The lowest BCUT2D eigenvalue weighted by Gasteiger charge is -2.35. The number of ether oxygens (including phenoxy) is 1. The smallest absolute Gasteiger partial charge is 0.337 e. The molecule has 7 heteroatoms. The molecule has 2 unspecified atom stereocenters. The summed E-state index contributed by atoms with van der Waals surface area (Å²) in [7, 11) is -2.32. The van der Waals surface area contributed by atoms with Crippen molar-refractivity contribution in [1.29, 1.82) is 0 Å². The van der Waals surface area contributed by atoms with Crippen molar-refractivity contribution in [3.8, 4) is 0 Å². The van der Waals surface area contributed by atoms with Crippen LogP contribution in [0.15, 0.2) is 23.1 Å². The molecule has 140 valence electrons. The van der Waals surface area contributed by atoms with Crippen LogP contribution in [0.2, 0.25) is 0 Å². The summed E-state index contributed by atoms with van der Waals surface area (Å²) in [6.07, 6.45) is 2.40.